The van der Waals surface area contributed by atoms with Crippen LogP contribution in [0.3, 0.4) is 0 Å². The maximum atomic E-state index is 5.54. The summed E-state index contributed by atoms with van der Waals surface area (Å²) in [6.07, 6.45) is 14.1. The van der Waals surface area contributed by atoms with Crippen molar-refractivity contribution in [2.75, 3.05) is 13.2 Å². The lowest BCUT2D eigenvalue weighted by Crippen LogP contribution is -2.28. The van der Waals surface area contributed by atoms with Gasteiger partial charge >= 0.3 is 0 Å². The second-order valence-corrected chi connectivity index (χ2v) is 4.08. The predicted molar refractivity (Wildman–Crippen MR) is 71.2 cm³/mol. The monoisotopic (exact) mass is 232 g/mol. The Hall–Kier alpha value is -1.48. The number of hydrogen-bond donors (Lipinski definition) is 0. The molecule has 0 N–H and O–H groups in total. The summed E-state index contributed by atoms with van der Waals surface area (Å²) in [5.74, 6) is 4.40. The van der Waals surface area contributed by atoms with Crippen LogP contribution in [0.4, 0.5) is 0 Å². The van der Waals surface area contributed by atoms with Gasteiger partial charge in [-0.1, -0.05) is 11.8 Å². The second-order valence-electron chi connectivity index (χ2n) is 4.08. The molecule has 0 bridgehead atoms. The Labute approximate surface area is 105 Å². The third kappa shape index (κ3) is 8.34. The van der Waals surface area contributed by atoms with Gasteiger partial charge in [0.1, 0.15) is 0 Å². The van der Waals surface area contributed by atoms with Gasteiger partial charge in [-0.2, -0.15) is 0 Å². The van der Waals surface area contributed by atoms with E-state index >= 15 is 0 Å². The molecule has 0 aromatic heterocycles. The molecule has 0 amide bonds. The van der Waals surface area contributed by atoms with Crippen molar-refractivity contribution in [2.24, 2.45) is 0 Å². The molecule has 92 valence electrons. The van der Waals surface area contributed by atoms with Crippen LogP contribution in [0.1, 0.15) is 27.7 Å². The molecule has 0 atom stereocenters. The molecule has 2 heteroatoms. The van der Waals surface area contributed by atoms with E-state index in [4.69, 9.17) is 22.3 Å². The third-order valence-corrected chi connectivity index (χ3v) is 2.10. The van der Waals surface area contributed by atoms with Gasteiger partial charge in [-0.05, 0) is 51.0 Å². The molecule has 0 aromatic rings. The molecule has 0 saturated carbocycles. The maximum absolute atomic E-state index is 5.54. The summed E-state index contributed by atoms with van der Waals surface area (Å²) < 4.78 is 11.1. The van der Waals surface area contributed by atoms with E-state index in [1.807, 2.05) is 39.8 Å². The first kappa shape index (κ1) is 15.5. The summed E-state index contributed by atoms with van der Waals surface area (Å²) in [6.45, 7) is 8.28. The summed E-state index contributed by atoms with van der Waals surface area (Å²) in [6, 6.07) is 0. The van der Waals surface area contributed by atoms with Gasteiger partial charge in [0.05, 0.1) is 13.2 Å². The number of allylic oxidation sites excluding steroid dienone is 2. The highest BCUT2D eigenvalue weighted by molar-refractivity contribution is 5.22. The average Bonchev–Trinajstić information content (AvgIpc) is 2.27. The SMILES string of the molecule is C#C/C(C)=C\COC(C)(C)OC/C=C(/C)C#C. The fourth-order valence-electron chi connectivity index (χ4n) is 0.894. The number of hydrogen-bond acceptors (Lipinski definition) is 2. The van der Waals surface area contributed by atoms with Crippen LogP contribution in [0.15, 0.2) is 23.3 Å². The molecule has 17 heavy (non-hydrogen) atoms. The van der Waals surface area contributed by atoms with Crippen LogP contribution in [-0.4, -0.2) is 19.0 Å². The Balaban J connectivity index is 4.06. The van der Waals surface area contributed by atoms with E-state index in [1.165, 1.54) is 0 Å². The molecule has 0 aliphatic heterocycles. The lowest BCUT2D eigenvalue weighted by atomic mass is 10.3. The van der Waals surface area contributed by atoms with E-state index < -0.39 is 5.79 Å². The molecule has 0 aliphatic rings. The van der Waals surface area contributed by atoms with Crippen LogP contribution in [-0.2, 0) is 9.47 Å². The fraction of sp³-hybridized carbons (Fsp3) is 0.467. The molecule has 0 fully saturated rings. The van der Waals surface area contributed by atoms with Gasteiger partial charge in [0.25, 0.3) is 0 Å². The van der Waals surface area contributed by atoms with Crippen molar-refractivity contribution in [3.05, 3.63) is 23.3 Å². The molecule has 0 aromatic carbocycles. The first-order valence-electron chi connectivity index (χ1n) is 5.46. The Morgan fingerprint density at radius 3 is 1.65 bits per heavy atom. The van der Waals surface area contributed by atoms with Crippen LogP contribution in [0.2, 0.25) is 0 Å². The normalized spacial score (nSPS) is 13.1. The van der Waals surface area contributed by atoms with E-state index in [2.05, 4.69) is 11.8 Å². The van der Waals surface area contributed by atoms with Crippen LogP contribution < -0.4 is 0 Å². The average molecular weight is 232 g/mol. The molecular formula is C15H20O2. The van der Waals surface area contributed by atoms with Gasteiger partial charge in [-0.15, -0.1) is 12.8 Å². The lowest BCUT2D eigenvalue weighted by Gasteiger charge is -2.24. The number of terminal acetylenes is 2. The van der Waals surface area contributed by atoms with Crippen LogP contribution in [0, 0.1) is 24.7 Å². The topological polar surface area (TPSA) is 18.5 Å². The molecule has 0 spiro atoms. The van der Waals surface area contributed by atoms with Gasteiger partial charge in [-0.3, -0.25) is 0 Å². The van der Waals surface area contributed by atoms with E-state index in [0.717, 1.165) is 11.1 Å². The Morgan fingerprint density at radius 1 is 1.00 bits per heavy atom. The summed E-state index contributed by atoms with van der Waals surface area (Å²) in [4.78, 5) is 0. The van der Waals surface area contributed by atoms with Crippen molar-refractivity contribution in [3.8, 4) is 24.7 Å². The lowest BCUT2D eigenvalue weighted by molar-refractivity contribution is -0.200. The minimum absolute atomic E-state index is 0.431. The molecule has 0 radical (unpaired) electrons. The van der Waals surface area contributed by atoms with Crippen molar-refractivity contribution >= 4 is 0 Å². The minimum atomic E-state index is -0.656. The Morgan fingerprint density at radius 2 is 1.35 bits per heavy atom. The van der Waals surface area contributed by atoms with Gasteiger partial charge in [-0.25, -0.2) is 0 Å². The third-order valence-electron chi connectivity index (χ3n) is 2.10. The zero-order valence-electron chi connectivity index (χ0n) is 11.0. The first-order valence-corrected chi connectivity index (χ1v) is 5.46. The zero-order chi connectivity index (χ0) is 13.3. The molecule has 0 unspecified atom stereocenters. The molecule has 2 nitrogen and oxygen atoms in total. The highest BCUT2D eigenvalue weighted by atomic mass is 16.7. The second kappa shape index (κ2) is 7.74. The zero-order valence-corrected chi connectivity index (χ0v) is 11.0. The maximum Gasteiger partial charge on any atom is 0.163 e. The van der Waals surface area contributed by atoms with Gasteiger partial charge in [0.15, 0.2) is 5.79 Å². The molecule has 0 aliphatic carbocycles. The predicted octanol–water partition coefficient (Wildman–Crippen LogP) is 2.91. The Bertz CT molecular complexity index is 337. The van der Waals surface area contributed by atoms with Crippen molar-refractivity contribution < 1.29 is 9.47 Å². The van der Waals surface area contributed by atoms with E-state index in [1.54, 1.807) is 0 Å². The van der Waals surface area contributed by atoms with Crippen LogP contribution >= 0.6 is 0 Å². The molecular weight excluding hydrogens is 212 g/mol. The van der Waals surface area contributed by atoms with Crippen molar-refractivity contribution in [3.63, 3.8) is 0 Å². The first-order chi connectivity index (χ1) is 7.91. The minimum Gasteiger partial charge on any atom is -0.346 e. The fourth-order valence-corrected chi connectivity index (χ4v) is 0.894. The van der Waals surface area contributed by atoms with E-state index in [-0.39, 0.29) is 0 Å². The number of ether oxygens (including phenoxy) is 2. The van der Waals surface area contributed by atoms with Crippen molar-refractivity contribution in [1.29, 1.82) is 0 Å². The van der Waals surface area contributed by atoms with E-state index in [9.17, 15) is 0 Å². The standard InChI is InChI=1S/C15H20O2/c1-7-13(3)9-11-16-15(5,6)17-12-10-14(4)8-2/h1-2,9-10H,11-12H2,3-6H3/b13-9-,14-10-. The van der Waals surface area contributed by atoms with Gasteiger partial charge in [0, 0.05) is 0 Å². The van der Waals surface area contributed by atoms with Gasteiger partial charge in [0.2, 0.25) is 0 Å². The van der Waals surface area contributed by atoms with Gasteiger partial charge < -0.3 is 9.47 Å². The Kier molecular flexibility index (Phi) is 7.06. The largest absolute Gasteiger partial charge is 0.346 e. The highest BCUT2D eigenvalue weighted by Gasteiger charge is 2.17. The quantitative estimate of drug-likeness (QED) is 0.518. The van der Waals surface area contributed by atoms with Crippen LogP contribution in [0.5, 0.6) is 0 Å². The summed E-state index contributed by atoms with van der Waals surface area (Å²) in [7, 11) is 0. The molecule has 0 saturated heterocycles. The van der Waals surface area contributed by atoms with Crippen LogP contribution in [0.25, 0.3) is 0 Å². The summed E-state index contributed by atoms with van der Waals surface area (Å²) in [5.41, 5.74) is 1.70. The van der Waals surface area contributed by atoms with E-state index in [0.29, 0.717) is 13.2 Å². The van der Waals surface area contributed by atoms with Crippen molar-refractivity contribution in [1.82, 2.24) is 0 Å². The highest BCUT2D eigenvalue weighted by Crippen LogP contribution is 2.11. The smallest absolute Gasteiger partial charge is 0.163 e. The summed E-state index contributed by atoms with van der Waals surface area (Å²) in [5, 5.41) is 0. The van der Waals surface area contributed by atoms with Crippen molar-refractivity contribution in [2.45, 2.75) is 33.5 Å². The summed E-state index contributed by atoms with van der Waals surface area (Å²) >= 11 is 0. The molecule has 0 heterocycles. The molecule has 0 rings (SSSR count). The number of rotatable bonds is 6.